The molecule has 3 rings (SSSR count). The quantitative estimate of drug-likeness (QED) is 0.679. The SMILES string of the molecule is CC(=O)c1cc(N2CCc3ccccc3CC2)ccc1N. The minimum absolute atomic E-state index is 0.0208. The molecule has 0 spiro atoms. The summed E-state index contributed by atoms with van der Waals surface area (Å²) in [5, 5.41) is 0. The summed E-state index contributed by atoms with van der Waals surface area (Å²) in [6, 6.07) is 14.4. The Balaban J connectivity index is 1.86. The number of rotatable bonds is 2. The van der Waals surface area contributed by atoms with E-state index in [0.29, 0.717) is 11.3 Å². The average molecular weight is 280 g/mol. The lowest BCUT2D eigenvalue weighted by atomic mass is 10.0. The molecule has 0 aromatic heterocycles. The maximum absolute atomic E-state index is 11.6. The highest BCUT2D eigenvalue weighted by Gasteiger charge is 2.15. The van der Waals surface area contributed by atoms with Crippen LogP contribution >= 0.6 is 0 Å². The largest absolute Gasteiger partial charge is 0.398 e. The van der Waals surface area contributed by atoms with Gasteiger partial charge in [-0.1, -0.05) is 24.3 Å². The maximum atomic E-state index is 11.6. The van der Waals surface area contributed by atoms with Gasteiger partial charge in [0.05, 0.1) is 0 Å². The van der Waals surface area contributed by atoms with Crippen LogP contribution in [0, 0.1) is 0 Å². The van der Waals surface area contributed by atoms with Gasteiger partial charge in [0.15, 0.2) is 5.78 Å². The fraction of sp³-hybridized carbons (Fsp3) is 0.278. The van der Waals surface area contributed by atoms with Crippen LogP contribution in [0.2, 0.25) is 0 Å². The molecule has 0 saturated carbocycles. The molecule has 0 aliphatic carbocycles. The zero-order valence-electron chi connectivity index (χ0n) is 12.3. The highest BCUT2D eigenvalue weighted by atomic mass is 16.1. The van der Waals surface area contributed by atoms with Crippen LogP contribution in [-0.2, 0) is 12.8 Å². The first-order valence-electron chi connectivity index (χ1n) is 7.37. The monoisotopic (exact) mass is 280 g/mol. The number of carbonyl (C=O) groups is 1. The zero-order chi connectivity index (χ0) is 14.8. The second kappa shape index (κ2) is 5.60. The summed E-state index contributed by atoms with van der Waals surface area (Å²) in [7, 11) is 0. The lowest BCUT2D eigenvalue weighted by Crippen LogP contribution is -2.26. The van der Waals surface area contributed by atoms with E-state index >= 15 is 0 Å². The molecule has 2 aromatic rings. The number of benzene rings is 2. The fourth-order valence-electron chi connectivity index (χ4n) is 2.97. The first-order chi connectivity index (χ1) is 10.1. The predicted octanol–water partition coefficient (Wildman–Crippen LogP) is 3.08. The Bertz CT molecular complexity index is 652. The molecule has 0 amide bonds. The number of nitrogens with zero attached hydrogens (tertiary/aromatic N) is 1. The van der Waals surface area contributed by atoms with Gasteiger partial charge in [-0.3, -0.25) is 4.79 Å². The molecular formula is C18H20N2O. The topological polar surface area (TPSA) is 46.3 Å². The van der Waals surface area contributed by atoms with Crippen molar-refractivity contribution in [2.75, 3.05) is 23.7 Å². The Morgan fingerprint density at radius 2 is 1.67 bits per heavy atom. The third-order valence-electron chi connectivity index (χ3n) is 4.20. The summed E-state index contributed by atoms with van der Waals surface area (Å²) in [6.07, 6.45) is 2.08. The molecule has 21 heavy (non-hydrogen) atoms. The molecule has 0 atom stereocenters. The molecule has 0 radical (unpaired) electrons. The lowest BCUT2D eigenvalue weighted by Gasteiger charge is -2.23. The van der Waals surface area contributed by atoms with Crippen LogP contribution in [0.25, 0.3) is 0 Å². The molecule has 1 aliphatic heterocycles. The van der Waals surface area contributed by atoms with Crippen molar-refractivity contribution in [3.8, 4) is 0 Å². The van der Waals surface area contributed by atoms with Gasteiger partial charge in [0, 0.05) is 30.0 Å². The molecule has 2 N–H and O–H groups in total. The molecule has 2 aromatic carbocycles. The summed E-state index contributed by atoms with van der Waals surface area (Å²) in [5.74, 6) is 0.0208. The molecule has 1 heterocycles. The Labute approximate surface area is 125 Å². The van der Waals surface area contributed by atoms with Crippen molar-refractivity contribution in [2.24, 2.45) is 0 Å². The Kier molecular flexibility index (Phi) is 3.65. The minimum Gasteiger partial charge on any atom is -0.398 e. The van der Waals surface area contributed by atoms with Crippen LogP contribution < -0.4 is 10.6 Å². The third kappa shape index (κ3) is 2.77. The molecule has 0 saturated heterocycles. The van der Waals surface area contributed by atoms with Crippen LogP contribution in [0.4, 0.5) is 11.4 Å². The van der Waals surface area contributed by atoms with Gasteiger partial charge < -0.3 is 10.6 Å². The number of carbonyl (C=O) groups excluding carboxylic acids is 1. The van der Waals surface area contributed by atoms with Gasteiger partial charge in [0.1, 0.15) is 0 Å². The number of anilines is 2. The summed E-state index contributed by atoms with van der Waals surface area (Å²) in [5.41, 5.74) is 11.0. The standard InChI is InChI=1S/C18H20N2O/c1-13(21)17-12-16(6-7-18(17)19)20-10-8-14-4-2-3-5-15(14)9-11-20/h2-7,12H,8-11,19H2,1H3. The summed E-state index contributed by atoms with van der Waals surface area (Å²) in [4.78, 5) is 14.0. The number of fused-ring (bicyclic) bond motifs is 1. The number of nitrogen functional groups attached to an aromatic ring is 1. The van der Waals surface area contributed by atoms with Gasteiger partial charge in [-0.2, -0.15) is 0 Å². The van der Waals surface area contributed by atoms with E-state index in [1.807, 2.05) is 18.2 Å². The number of Topliss-reactive ketones (excluding diaryl/α,β-unsaturated/α-hetero) is 1. The molecular weight excluding hydrogens is 260 g/mol. The average Bonchev–Trinajstić information content (AvgIpc) is 2.70. The summed E-state index contributed by atoms with van der Waals surface area (Å²) in [6.45, 7) is 3.50. The molecule has 0 bridgehead atoms. The highest BCUT2D eigenvalue weighted by Crippen LogP contribution is 2.24. The number of ketones is 1. The van der Waals surface area contributed by atoms with E-state index in [1.165, 1.54) is 11.1 Å². The van der Waals surface area contributed by atoms with Crippen molar-refractivity contribution >= 4 is 17.2 Å². The normalized spacial score (nSPS) is 14.4. The number of hydrogen-bond acceptors (Lipinski definition) is 3. The van der Waals surface area contributed by atoms with Crippen molar-refractivity contribution < 1.29 is 4.79 Å². The Morgan fingerprint density at radius 3 is 2.24 bits per heavy atom. The molecule has 3 nitrogen and oxygen atoms in total. The molecule has 0 unspecified atom stereocenters. The smallest absolute Gasteiger partial charge is 0.161 e. The maximum Gasteiger partial charge on any atom is 0.161 e. The van der Waals surface area contributed by atoms with Crippen molar-refractivity contribution in [3.05, 3.63) is 59.2 Å². The van der Waals surface area contributed by atoms with Gasteiger partial charge in [0.25, 0.3) is 0 Å². The van der Waals surface area contributed by atoms with Gasteiger partial charge in [0.2, 0.25) is 0 Å². The van der Waals surface area contributed by atoms with Crippen LogP contribution in [-0.4, -0.2) is 18.9 Å². The van der Waals surface area contributed by atoms with Crippen LogP contribution in [0.15, 0.2) is 42.5 Å². The molecule has 108 valence electrons. The Hall–Kier alpha value is -2.29. The zero-order valence-corrected chi connectivity index (χ0v) is 12.3. The lowest BCUT2D eigenvalue weighted by molar-refractivity contribution is 0.101. The van der Waals surface area contributed by atoms with E-state index in [4.69, 9.17) is 5.73 Å². The van der Waals surface area contributed by atoms with Crippen LogP contribution in [0.3, 0.4) is 0 Å². The first-order valence-corrected chi connectivity index (χ1v) is 7.37. The van der Waals surface area contributed by atoms with Crippen molar-refractivity contribution in [2.45, 2.75) is 19.8 Å². The van der Waals surface area contributed by atoms with Crippen LogP contribution in [0.1, 0.15) is 28.4 Å². The summed E-state index contributed by atoms with van der Waals surface area (Å²) < 4.78 is 0. The molecule has 1 aliphatic rings. The molecule has 0 fully saturated rings. The van der Waals surface area contributed by atoms with E-state index in [0.717, 1.165) is 31.6 Å². The number of hydrogen-bond donors (Lipinski definition) is 1. The summed E-state index contributed by atoms with van der Waals surface area (Å²) >= 11 is 0. The number of nitrogens with two attached hydrogens (primary N) is 1. The van der Waals surface area contributed by atoms with E-state index in [1.54, 1.807) is 6.92 Å². The van der Waals surface area contributed by atoms with Crippen LogP contribution in [0.5, 0.6) is 0 Å². The first kappa shape index (κ1) is 13.7. The van der Waals surface area contributed by atoms with E-state index in [-0.39, 0.29) is 5.78 Å². The Morgan fingerprint density at radius 1 is 1.05 bits per heavy atom. The van der Waals surface area contributed by atoms with E-state index < -0.39 is 0 Å². The van der Waals surface area contributed by atoms with Crippen molar-refractivity contribution in [1.29, 1.82) is 0 Å². The van der Waals surface area contributed by atoms with Gasteiger partial charge in [-0.05, 0) is 49.1 Å². The molecule has 3 heteroatoms. The third-order valence-corrected chi connectivity index (χ3v) is 4.20. The second-order valence-electron chi connectivity index (χ2n) is 5.58. The van der Waals surface area contributed by atoms with Crippen molar-refractivity contribution in [1.82, 2.24) is 0 Å². The van der Waals surface area contributed by atoms with Gasteiger partial charge in [-0.25, -0.2) is 0 Å². The highest BCUT2D eigenvalue weighted by molar-refractivity contribution is 6.00. The minimum atomic E-state index is 0.0208. The fourth-order valence-corrected chi connectivity index (χ4v) is 2.97. The van der Waals surface area contributed by atoms with Crippen molar-refractivity contribution in [3.63, 3.8) is 0 Å². The van der Waals surface area contributed by atoms with Gasteiger partial charge >= 0.3 is 0 Å². The second-order valence-corrected chi connectivity index (χ2v) is 5.58. The van der Waals surface area contributed by atoms with E-state index in [9.17, 15) is 4.79 Å². The van der Waals surface area contributed by atoms with E-state index in [2.05, 4.69) is 29.2 Å². The predicted molar refractivity (Wildman–Crippen MR) is 86.9 cm³/mol. The van der Waals surface area contributed by atoms with Gasteiger partial charge in [-0.15, -0.1) is 0 Å².